The molecule has 2 aliphatic rings. The second kappa shape index (κ2) is 7.31. The molecule has 0 radical (unpaired) electrons. The Labute approximate surface area is 155 Å². The van der Waals surface area contributed by atoms with Gasteiger partial charge in [-0.05, 0) is 30.5 Å². The van der Waals surface area contributed by atoms with Crippen LogP contribution in [0.5, 0.6) is 0 Å². The van der Waals surface area contributed by atoms with Crippen LogP contribution in [0.2, 0.25) is 0 Å². The first kappa shape index (κ1) is 17.4. The molecule has 138 valence electrons. The minimum absolute atomic E-state index is 0.109. The molecule has 1 aliphatic carbocycles. The van der Waals surface area contributed by atoms with Gasteiger partial charge in [0.25, 0.3) is 5.56 Å². The standard InChI is InChI=1S/C19H22FN3O2S/c20-13-9-7-12(8-10-13)17-16-18(21-15(24)11-26-17)23(22-19(16)25)14-5-3-1-2-4-6-14/h7-10,14,17H,1-6,11H2,(H,21,24)(H,22,25)/t17-/m1/s1. The van der Waals surface area contributed by atoms with Gasteiger partial charge in [0.15, 0.2) is 0 Å². The van der Waals surface area contributed by atoms with Crippen LogP contribution in [0.1, 0.15) is 60.9 Å². The van der Waals surface area contributed by atoms with E-state index in [4.69, 9.17) is 0 Å². The maximum Gasteiger partial charge on any atom is 0.270 e. The van der Waals surface area contributed by atoms with Crippen molar-refractivity contribution in [2.24, 2.45) is 0 Å². The zero-order valence-electron chi connectivity index (χ0n) is 14.5. The fourth-order valence-corrected chi connectivity index (χ4v) is 5.06. The summed E-state index contributed by atoms with van der Waals surface area (Å²) in [6.45, 7) is 0. The van der Waals surface area contributed by atoms with Gasteiger partial charge in [0.05, 0.1) is 22.6 Å². The van der Waals surface area contributed by atoms with Crippen LogP contribution in [0.4, 0.5) is 10.2 Å². The fourth-order valence-electron chi connectivity index (χ4n) is 3.93. The van der Waals surface area contributed by atoms with E-state index < -0.39 is 0 Å². The Balaban J connectivity index is 1.79. The highest BCUT2D eigenvalue weighted by atomic mass is 32.2. The van der Waals surface area contributed by atoms with E-state index in [1.807, 2.05) is 4.68 Å². The number of nitrogens with one attached hydrogen (secondary N) is 2. The molecule has 4 rings (SSSR count). The third-order valence-corrected chi connectivity index (χ3v) is 6.50. The average Bonchev–Trinajstić information content (AvgIpc) is 2.83. The van der Waals surface area contributed by atoms with E-state index in [1.165, 1.54) is 36.7 Å². The second-order valence-corrected chi connectivity index (χ2v) is 8.10. The first-order chi connectivity index (χ1) is 12.6. The number of nitrogens with zero attached hydrogens (tertiary/aromatic N) is 1. The molecule has 2 aromatic rings. The molecule has 1 aromatic heterocycles. The summed E-state index contributed by atoms with van der Waals surface area (Å²) in [4.78, 5) is 25.1. The van der Waals surface area contributed by atoms with Crippen LogP contribution in [0, 0.1) is 5.82 Å². The van der Waals surface area contributed by atoms with Crippen LogP contribution < -0.4 is 10.9 Å². The third-order valence-electron chi connectivity index (χ3n) is 5.23. The molecule has 0 spiro atoms. The molecule has 7 heteroatoms. The van der Waals surface area contributed by atoms with Gasteiger partial charge in [-0.15, -0.1) is 11.8 Å². The molecule has 0 unspecified atom stereocenters. The molecule has 1 amide bonds. The van der Waals surface area contributed by atoms with E-state index in [2.05, 4.69) is 10.4 Å². The summed E-state index contributed by atoms with van der Waals surface area (Å²) < 4.78 is 15.2. The Bertz CT molecular complexity index is 851. The first-order valence-corrected chi connectivity index (χ1v) is 10.2. The minimum atomic E-state index is -0.313. The molecule has 26 heavy (non-hydrogen) atoms. The van der Waals surface area contributed by atoms with Crippen molar-refractivity contribution < 1.29 is 9.18 Å². The predicted octanol–water partition coefficient (Wildman–Crippen LogP) is 3.99. The molecule has 2 heterocycles. The number of rotatable bonds is 2. The van der Waals surface area contributed by atoms with Crippen molar-refractivity contribution >= 4 is 23.5 Å². The van der Waals surface area contributed by atoms with Crippen molar-refractivity contribution in [3.05, 3.63) is 51.6 Å². The summed E-state index contributed by atoms with van der Waals surface area (Å²) in [5, 5.41) is 5.62. The molecule has 5 nitrogen and oxygen atoms in total. The molecule has 1 aliphatic heterocycles. The Kier molecular flexibility index (Phi) is 4.89. The maximum absolute atomic E-state index is 13.3. The molecule has 0 saturated heterocycles. The number of H-pyrrole nitrogens is 1. The van der Waals surface area contributed by atoms with Gasteiger partial charge in [-0.2, -0.15) is 0 Å². The quantitative estimate of drug-likeness (QED) is 0.780. The SMILES string of the molecule is O=C1CS[C@H](c2ccc(F)cc2)c2c(n(C3CCCCCC3)[nH]c2=O)N1. The van der Waals surface area contributed by atoms with E-state index in [0.717, 1.165) is 31.2 Å². The third kappa shape index (κ3) is 3.32. The number of hydrogen-bond acceptors (Lipinski definition) is 3. The number of halogens is 1. The average molecular weight is 375 g/mol. The number of fused-ring (bicyclic) bond motifs is 1. The Morgan fingerprint density at radius 2 is 1.73 bits per heavy atom. The van der Waals surface area contributed by atoms with Gasteiger partial charge < -0.3 is 5.32 Å². The lowest BCUT2D eigenvalue weighted by Gasteiger charge is -2.19. The highest BCUT2D eigenvalue weighted by Crippen LogP contribution is 2.41. The van der Waals surface area contributed by atoms with E-state index in [0.29, 0.717) is 11.4 Å². The summed E-state index contributed by atoms with van der Waals surface area (Å²) in [5.41, 5.74) is 1.23. The molecule has 1 fully saturated rings. The van der Waals surface area contributed by atoms with Crippen molar-refractivity contribution in [2.45, 2.75) is 49.8 Å². The van der Waals surface area contributed by atoms with Crippen molar-refractivity contribution in [1.82, 2.24) is 9.78 Å². The molecule has 1 atom stereocenters. The molecule has 2 N–H and O–H groups in total. The molecular formula is C19H22FN3O2S. The molecule has 0 bridgehead atoms. The number of aromatic nitrogens is 2. The monoisotopic (exact) mass is 375 g/mol. The fraction of sp³-hybridized carbons (Fsp3) is 0.474. The summed E-state index contributed by atoms with van der Waals surface area (Å²) in [6.07, 6.45) is 6.69. The summed E-state index contributed by atoms with van der Waals surface area (Å²) in [6, 6.07) is 6.37. The number of benzene rings is 1. The minimum Gasteiger partial charge on any atom is -0.310 e. The lowest BCUT2D eigenvalue weighted by molar-refractivity contribution is -0.113. The number of aromatic amines is 1. The molecule has 1 aromatic carbocycles. The van der Waals surface area contributed by atoms with Gasteiger partial charge in [0.1, 0.15) is 11.6 Å². The Morgan fingerprint density at radius 3 is 2.42 bits per heavy atom. The van der Waals surface area contributed by atoms with E-state index >= 15 is 0 Å². The van der Waals surface area contributed by atoms with Gasteiger partial charge in [-0.25, -0.2) is 4.39 Å². The smallest absolute Gasteiger partial charge is 0.270 e. The zero-order valence-corrected chi connectivity index (χ0v) is 15.3. The largest absolute Gasteiger partial charge is 0.310 e. The first-order valence-electron chi connectivity index (χ1n) is 9.15. The van der Waals surface area contributed by atoms with Crippen molar-refractivity contribution in [3.8, 4) is 0 Å². The lowest BCUT2D eigenvalue weighted by atomic mass is 10.1. The lowest BCUT2D eigenvalue weighted by Crippen LogP contribution is -2.19. The predicted molar refractivity (Wildman–Crippen MR) is 101 cm³/mol. The molecular weight excluding hydrogens is 353 g/mol. The molecule has 1 saturated carbocycles. The van der Waals surface area contributed by atoms with E-state index in [-0.39, 0.29) is 34.3 Å². The summed E-state index contributed by atoms with van der Waals surface area (Å²) >= 11 is 1.40. The van der Waals surface area contributed by atoms with Gasteiger partial charge >= 0.3 is 0 Å². The highest BCUT2D eigenvalue weighted by molar-refractivity contribution is 8.00. The van der Waals surface area contributed by atoms with Crippen molar-refractivity contribution in [2.75, 3.05) is 11.1 Å². The highest BCUT2D eigenvalue weighted by Gasteiger charge is 2.32. The van der Waals surface area contributed by atoms with Crippen molar-refractivity contribution in [3.63, 3.8) is 0 Å². The van der Waals surface area contributed by atoms with Crippen LogP contribution in [-0.2, 0) is 4.79 Å². The van der Waals surface area contributed by atoms with Gasteiger partial charge in [-0.1, -0.05) is 37.8 Å². The number of carbonyl (C=O) groups is 1. The zero-order chi connectivity index (χ0) is 18.1. The maximum atomic E-state index is 13.3. The van der Waals surface area contributed by atoms with Crippen molar-refractivity contribution in [1.29, 1.82) is 0 Å². The number of thioether (sulfide) groups is 1. The van der Waals surface area contributed by atoms with Crippen LogP contribution in [0.3, 0.4) is 0 Å². The van der Waals surface area contributed by atoms with Gasteiger partial charge in [0, 0.05) is 0 Å². The topological polar surface area (TPSA) is 66.9 Å². The second-order valence-electron chi connectivity index (χ2n) is 7.01. The Morgan fingerprint density at radius 1 is 1.04 bits per heavy atom. The summed E-state index contributed by atoms with van der Waals surface area (Å²) in [7, 11) is 0. The number of carbonyl (C=O) groups excluding carboxylic acids is 1. The Hall–Kier alpha value is -2.02. The number of anilines is 1. The van der Waals surface area contributed by atoms with Gasteiger partial charge in [-0.3, -0.25) is 19.4 Å². The number of amides is 1. The summed E-state index contributed by atoms with van der Waals surface area (Å²) in [5.74, 6) is 0.432. The van der Waals surface area contributed by atoms with Crippen LogP contribution in [0.15, 0.2) is 29.1 Å². The van der Waals surface area contributed by atoms with Gasteiger partial charge in [0.2, 0.25) is 5.91 Å². The number of hydrogen-bond donors (Lipinski definition) is 2. The van der Waals surface area contributed by atoms with Crippen LogP contribution >= 0.6 is 11.8 Å². The van der Waals surface area contributed by atoms with E-state index in [9.17, 15) is 14.0 Å². The normalized spacial score (nSPS) is 21.6. The van der Waals surface area contributed by atoms with Crippen LogP contribution in [-0.4, -0.2) is 21.4 Å². The van der Waals surface area contributed by atoms with E-state index in [1.54, 1.807) is 12.1 Å². The van der Waals surface area contributed by atoms with Crippen LogP contribution in [0.25, 0.3) is 0 Å².